The van der Waals surface area contributed by atoms with E-state index in [9.17, 15) is 0 Å². The van der Waals surface area contributed by atoms with Crippen LogP contribution in [-0.4, -0.2) is 24.1 Å². The van der Waals surface area contributed by atoms with Gasteiger partial charge in [-0.05, 0) is 77.9 Å². The summed E-state index contributed by atoms with van der Waals surface area (Å²) in [5.74, 6) is 1.84. The third kappa shape index (κ3) is 5.55. The number of furan rings is 1. The van der Waals surface area contributed by atoms with Gasteiger partial charge in [0.15, 0.2) is 17.5 Å². The second kappa shape index (κ2) is 14.0. The zero-order valence-electron chi connectivity index (χ0n) is 33.9. The smallest absolute Gasteiger partial charge is 0.164 e. The second-order valence-electron chi connectivity index (χ2n) is 16.0. The normalized spacial score (nSPS) is 11.8. The minimum atomic E-state index is 0.595. The molecule has 13 aromatic rings. The molecule has 0 atom stereocenters. The van der Waals surface area contributed by atoms with Crippen LogP contribution < -0.4 is 0 Å². The first-order valence-electron chi connectivity index (χ1n) is 21.2. The highest BCUT2D eigenvalue weighted by molar-refractivity contribution is 6.17. The lowest BCUT2D eigenvalue weighted by Crippen LogP contribution is -2.00. The van der Waals surface area contributed by atoms with E-state index in [0.29, 0.717) is 17.5 Å². The molecule has 6 nitrogen and oxygen atoms in total. The molecule has 0 aliphatic heterocycles. The number of rotatable bonds is 6. The lowest BCUT2D eigenvalue weighted by Gasteiger charge is -2.12. The minimum Gasteiger partial charge on any atom is -0.456 e. The van der Waals surface area contributed by atoms with Crippen LogP contribution in [0, 0.1) is 0 Å². The fraction of sp³-hybridized carbons (Fsp3) is 0. The Kier molecular flexibility index (Phi) is 7.80. The van der Waals surface area contributed by atoms with Crippen LogP contribution in [0.3, 0.4) is 0 Å². The maximum absolute atomic E-state index is 6.53. The average molecular weight is 806 g/mol. The zero-order chi connectivity index (χ0) is 41.4. The first-order valence-corrected chi connectivity index (χ1v) is 21.2. The Hall–Kier alpha value is -8.61. The molecule has 63 heavy (non-hydrogen) atoms. The van der Waals surface area contributed by atoms with Gasteiger partial charge in [-0.25, -0.2) is 15.0 Å². The molecule has 4 heterocycles. The maximum Gasteiger partial charge on any atom is 0.164 e. The summed E-state index contributed by atoms with van der Waals surface area (Å²) in [7, 11) is 0. The number of benzene rings is 9. The number of hydrogen-bond acceptors (Lipinski definition) is 4. The molecule has 0 aliphatic rings. The van der Waals surface area contributed by atoms with Gasteiger partial charge in [0.25, 0.3) is 0 Å². The van der Waals surface area contributed by atoms with E-state index in [1.165, 1.54) is 32.6 Å². The third-order valence-corrected chi connectivity index (χ3v) is 12.4. The van der Waals surface area contributed by atoms with Gasteiger partial charge in [-0.2, -0.15) is 0 Å². The van der Waals surface area contributed by atoms with Crippen LogP contribution in [0.2, 0.25) is 0 Å². The Morgan fingerprint density at radius 3 is 1.60 bits per heavy atom. The summed E-state index contributed by atoms with van der Waals surface area (Å²) in [6, 6.07) is 74.5. The Bertz CT molecular complexity index is 3850. The predicted molar refractivity (Wildman–Crippen MR) is 258 cm³/mol. The highest BCUT2D eigenvalue weighted by Gasteiger charge is 2.21. The van der Waals surface area contributed by atoms with Crippen LogP contribution >= 0.6 is 0 Å². The molecule has 0 amide bonds. The van der Waals surface area contributed by atoms with E-state index in [4.69, 9.17) is 19.4 Å². The molecule has 6 heteroatoms. The van der Waals surface area contributed by atoms with Gasteiger partial charge in [0, 0.05) is 54.7 Å². The van der Waals surface area contributed by atoms with E-state index in [1.54, 1.807) is 0 Å². The lowest BCUT2D eigenvalue weighted by molar-refractivity contribution is 0.669. The van der Waals surface area contributed by atoms with Crippen molar-refractivity contribution in [2.45, 2.75) is 0 Å². The molecular formula is C57H35N5O. The fourth-order valence-corrected chi connectivity index (χ4v) is 9.58. The van der Waals surface area contributed by atoms with E-state index in [1.807, 2.05) is 72.8 Å². The Labute approximate surface area is 361 Å². The van der Waals surface area contributed by atoms with Crippen molar-refractivity contribution in [1.29, 1.82) is 0 Å². The number of hydrogen-bond donors (Lipinski definition) is 0. The summed E-state index contributed by atoms with van der Waals surface area (Å²) in [5, 5.41) is 6.82. The number of fused-ring (bicyclic) bond motifs is 9. The first-order chi connectivity index (χ1) is 31.2. The van der Waals surface area contributed by atoms with Crippen molar-refractivity contribution in [2.24, 2.45) is 0 Å². The lowest BCUT2D eigenvalue weighted by atomic mass is 9.99. The molecule has 0 N–H and O–H groups in total. The predicted octanol–water partition coefficient (Wildman–Crippen LogP) is 14.6. The minimum absolute atomic E-state index is 0.595. The first kappa shape index (κ1) is 35.2. The molecule has 294 valence electrons. The molecule has 13 rings (SSSR count). The van der Waals surface area contributed by atoms with Gasteiger partial charge in [-0.15, -0.1) is 0 Å². The van der Waals surface area contributed by atoms with Gasteiger partial charge in [-0.1, -0.05) is 146 Å². The Morgan fingerprint density at radius 1 is 0.317 bits per heavy atom. The third-order valence-electron chi connectivity index (χ3n) is 12.4. The summed E-state index contributed by atoms with van der Waals surface area (Å²) in [6.45, 7) is 0. The van der Waals surface area contributed by atoms with E-state index in [-0.39, 0.29) is 0 Å². The summed E-state index contributed by atoms with van der Waals surface area (Å²) in [6.07, 6.45) is 0. The highest BCUT2D eigenvalue weighted by atomic mass is 16.3. The monoisotopic (exact) mass is 805 g/mol. The highest BCUT2D eigenvalue weighted by Crippen LogP contribution is 2.42. The molecule has 0 aliphatic carbocycles. The molecule has 0 bridgehead atoms. The van der Waals surface area contributed by atoms with Crippen LogP contribution in [0.5, 0.6) is 0 Å². The standard InChI is InChI=1S/C57H35N5O/c1-4-16-36(17-5-1)55-58-56(37-18-6-2-7-19-37)60-57(59-55)43-24-14-29-52-53(43)45-35-39(31-33-51(45)63-52)38-30-32-48-44(34-38)41-22-10-12-25-46(41)62(48)50-28-15-27-49-54(50)42-23-11-13-26-47(42)61(49)40-20-8-3-9-21-40/h1-35H. The van der Waals surface area contributed by atoms with E-state index in [0.717, 1.165) is 72.2 Å². The van der Waals surface area contributed by atoms with Crippen molar-refractivity contribution in [3.05, 3.63) is 212 Å². The largest absolute Gasteiger partial charge is 0.456 e. The second-order valence-corrected chi connectivity index (χ2v) is 16.0. The van der Waals surface area contributed by atoms with Crippen LogP contribution in [0.15, 0.2) is 217 Å². The van der Waals surface area contributed by atoms with Crippen LogP contribution in [-0.2, 0) is 0 Å². The fourth-order valence-electron chi connectivity index (χ4n) is 9.58. The van der Waals surface area contributed by atoms with E-state index < -0.39 is 0 Å². The summed E-state index contributed by atoms with van der Waals surface area (Å²) >= 11 is 0. The van der Waals surface area contributed by atoms with Crippen LogP contribution in [0.1, 0.15) is 0 Å². The SMILES string of the molecule is c1ccc(-c2nc(-c3ccccc3)nc(-c3cccc4oc5ccc(-c6ccc7c(c6)c6ccccc6n7-c6cccc7c6c6ccccc6n7-c6ccccc6)cc5c34)n2)cc1. The van der Waals surface area contributed by atoms with Gasteiger partial charge in [0.2, 0.25) is 0 Å². The van der Waals surface area contributed by atoms with Crippen molar-refractivity contribution >= 4 is 65.6 Å². The van der Waals surface area contributed by atoms with Gasteiger partial charge in [0.05, 0.1) is 27.8 Å². The number of aromatic nitrogens is 5. The molecule has 9 aromatic carbocycles. The van der Waals surface area contributed by atoms with Crippen molar-refractivity contribution in [2.75, 3.05) is 0 Å². The topological polar surface area (TPSA) is 61.7 Å². The Morgan fingerprint density at radius 2 is 0.873 bits per heavy atom. The Balaban J connectivity index is 0.990. The zero-order valence-corrected chi connectivity index (χ0v) is 33.9. The summed E-state index contributed by atoms with van der Waals surface area (Å²) in [5.41, 5.74) is 13.5. The molecular weight excluding hydrogens is 771 g/mol. The molecule has 0 saturated carbocycles. The van der Waals surface area contributed by atoms with Gasteiger partial charge in [0.1, 0.15) is 11.2 Å². The van der Waals surface area contributed by atoms with Crippen molar-refractivity contribution < 1.29 is 4.42 Å². The molecule has 0 spiro atoms. The van der Waals surface area contributed by atoms with Crippen molar-refractivity contribution in [3.8, 4) is 56.7 Å². The van der Waals surface area contributed by atoms with Gasteiger partial charge >= 0.3 is 0 Å². The van der Waals surface area contributed by atoms with Crippen molar-refractivity contribution in [1.82, 2.24) is 24.1 Å². The van der Waals surface area contributed by atoms with Crippen LogP contribution in [0.4, 0.5) is 0 Å². The number of para-hydroxylation sites is 3. The quantitative estimate of drug-likeness (QED) is 0.168. The summed E-state index contributed by atoms with van der Waals surface area (Å²) in [4.78, 5) is 15.1. The van der Waals surface area contributed by atoms with Crippen molar-refractivity contribution in [3.63, 3.8) is 0 Å². The molecule has 0 fully saturated rings. The average Bonchev–Trinajstić information content (AvgIpc) is 4.02. The maximum atomic E-state index is 6.53. The molecule has 0 radical (unpaired) electrons. The van der Waals surface area contributed by atoms with Gasteiger partial charge < -0.3 is 13.6 Å². The molecule has 0 unspecified atom stereocenters. The molecule has 4 aromatic heterocycles. The van der Waals surface area contributed by atoms with Crippen LogP contribution in [0.25, 0.3) is 122 Å². The molecule has 0 saturated heterocycles. The van der Waals surface area contributed by atoms with E-state index in [2.05, 4.69) is 149 Å². The number of nitrogens with zero attached hydrogens (tertiary/aromatic N) is 5. The van der Waals surface area contributed by atoms with E-state index >= 15 is 0 Å². The van der Waals surface area contributed by atoms with Gasteiger partial charge in [-0.3, -0.25) is 0 Å². The summed E-state index contributed by atoms with van der Waals surface area (Å²) < 4.78 is 11.4.